The Hall–Kier alpha value is -3.81. The second-order valence-electron chi connectivity index (χ2n) is 6.87. The number of carbonyl (C=O) groups excluding carboxylic acids is 3. The van der Waals surface area contributed by atoms with E-state index in [1.54, 1.807) is 43.3 Å². The first-order valence-electron chi connectivity index (χ1n) is 9.30. The third-order valence-corrected chi connectivity index (χ3v) is 4.56. The van der Waals surface area contributed by atoms with Gasteiger partial charge in [0.05, 0.1) is 12.8 Å². The van der Waals surface area contributed by atoms with Gasteiger partial charge in [-0.05, 0) is 37.3 Å². The van der Waals surface area contributed by atoms with E-state index in [9.17, 15) is 14.4 Å². The number of ether oxygens (including phenoxy) is 2. The molecule has 3 rings (SSSR count). The van der Waals surface area contributed by atoms with Crippen LogP contribution < -0.4 is 20.1 Å². The number of hydrazine groups is 1. The summed E-state index contributed by atoms with van der Waals surface area (Å²) in [7, 11) is 5.01. The van der Waals surface area contributed by atoms with Crippen LogP contribution in [0.15, 0.2) is 54.1 Å². The van der Waals surface area contributed by atoms with E-state index in [0.717, 1.165) is 5.69 Å². The van der Waals surface area contributed by atoms with Crippen LogP contribution in [0, 0.1) is 0 Å². The van der Waals surface area contributed by atoms with E-state index in [0.29, 0.717) is 17.0 Å². The quantitative estimate of drug-likeness (QED) is 0.447. The monoisotopic (exact) mass is 409 g/mol. The van der Waals surface area contributed by atoms with Crippen molar-refractivity contribution in [1.82, 2.24) is 5.43 Å². The van der Waals surface area contributed by atoms with Gasteiger partial charge in [0.1, 0.15) is 11.3 Å². The van der Waals surface area contributed by atoms with Gasteiger partial charge >= 0.3 is 5.97 Å². The van der Waals surface area contributed by atoms with Gasteiger partial charge in [0, 0.05) is 31.4 Å². The summed E-state index contributed by atoms with van der Waals surface area (Å²) in [6.07, 6.45) is 0.595. The molecule has 1 aliphatic rings. The van der Waals surface area contributed by atoms with Gasteiger partial charge in [-0.15, -0.1) is 0 Å². The van der Waals surface area contributed by atoms with E-state index < -0.39 is 23.9 Å². The molecule has 8 heteroatoms. The number of methoxy groups -OCH3 is 1. The van der Waals surface area contributed by atoms with Gasteiger partial charge in [0.2, 0.25) is 0 Å². The minimum atomic E-state index is -0.863. The van der Waals surface area contributed by atoms with Gasteiger partial charge in [0.25, 0.3) is 11.8 Å². The second-order valence-corrected chi connectivity index (χ2v) is 6.87. The molecule has 0 radical (unpaired) electrons. The lowest BCUT2D eigenvalue weighted by Gasteiger charge is -2.18. The number of hydrogen-bond acceptors (Lipinski definition) is 6. The molecule has 2 aromatic carbocycles. The molecule has 0 aromatic heterocycles. The number of nitrogens with zero attached hydrogens (tertiary/aromatic N) is 2. The van der Waals surface area contributed by atoms with Crippen LogP contribution in [-0.2, 0) is 19.1 Å². The molecule has 1 heterocycles. The summed E-state index contributed by atoms with van der Waals surface area (Å²) in [6.45, 7) is 1.57. The lowest BCUT2D eigenvalue weighted by Crippen LogP contribution is -2.35. The zero-order valence-electron chi connectivity index (χ0n) is 17.2. The molecule has 0 bridgehead atoms. The SMILES string of the molecule is COC(=O)[C@@H](C)Oc1cc(N(C)C)ccc1/C=C1/C(=O)NN(c2ccccc2)C1=O. The third kappa shape index (κ3) is 4.27. The summed E-state index contributed by atoms with van der Waals surface area (Å²) in [5, 5.41) is 1.19. The fourth-order valence-electron chi connectivity index (χ4n) is 2.90. The van der Waals surface area contributed by atoms with Gasteiger partial charge in [-0.3, -0.25) is 15.0 Å². The van der Waals surface area contributed by atoms with Crippen LogP contribution in [0.5, 0.6) is 5.75 Å². The van der Waals surface area contributed by atoms with Crippen LogP contribution in [0.2, 0.25) is 0 Å². The number of anilines is 2. The van der Waals surface area contributed by atoms with Crippen molar-refractivity contribution in [1.29, 1.82) is 0 Å². The van der Waals surface area contributed by atoms with Crippen LogP contribution >= 0.6 is 0 Å². The smallest absolute Gasteiger partial charge is 0.346 e. The van der Waals surface area contributed by atoms with Gasteiger partial charge in [-0.2, -0.15) is 0 Å². The minimum absolute atomic E-state index is 0.0352. The number of hydrogen-bond donors (Lipinski definition) is 1. The maximum Gasteiger partial charge on any atom is 0.346 e. The molecule has 0 saturated carbocycles. The van der Waals surface area contributed by atoms with Crippen molar-refractivity contribution in [2.24, 2.45) is 0 Å². The van der Waals surface area contributed by atoms with Crippen LogP contribution in [0.1, 0.15) is 12.5 Å². The van der Waals surface area contributed by atoms with E-state index in [1.165, 1.54) is 18.2 Å². The Morgan fingerprint density at radius 3 is 2.47 bits per heavy atom. The van der Waals surface area contributed by atoms with E-state index in [1.807, 2.05) is 31.1 Å². The summed E-state index contributed by atoms with van der Waals surface area (Å²) < 4.78 is 10.5. The van der Waals surface area contributed by atoms with Crippen LogP contribution in [0.25, 0.3) is 6.08 Å². The maximum absolute atomic E-state index is 12.8. The third-order valence-electron chi connectivity index (χ3n) is 4.56. The highest BCUT2D eigenvalue weighted by Gasteiger charge is 2.34. The van der Waals surface area contributed by atoms with Crippen molar-refractivity contribution in [3.05, 3.63) is 59.7 Å². The van der Waals surface area contributed by atoms with Crippen molar-refractivity contribution >= 4 is 35.2 Å². The number of para-hydroxylation sites is 1. The molecule has 156 valence electrons. The van der Waals surface area contributed by atoms with Crippen LogP contribution in [0.4, 0.5) is 11.4 Å². The van der Waals surface area contributed by atoms with Crippen molar-refractivity contribution in [2.75, 3.05) is 31.1 Å². The lowest BCUT2D eigenvalue weighted by atomic mass is 10.1. The van der Waals surface area contributed by atoms with Crippen LogP contribution in [-0.4, -0.2) is 45.1 Å². The Morgan fingerprint density at radius 2 is 1.83 bits per heavy atom. The Balaban J connectivity index is 1.98. The molecule has 8 nitrogen and oxygen atoms in total. The van der Waals surface area contributed by atoms with E-state index in [4.69, 9.17) is 9.47 Å². The van der Waals surface area contributed by atoms with Gasteiger partial charge in [-0.25, -0.2) is 9.80 Å². The molecule has 2 amide bonds. The first-order valence-corrected chi connectivity index (χ1v) is 9.30. The highest BCUT2D eigenvalue weighted by Crippen LogP contribution is 2.30. The molecule has 1 aliphatic heterocycles. The summed E-state index contributed by atoms with van der Waals surface area (Å²) in [5.74, 6) is -1.18. The highest BCUT2D eigenvalue weighted by molar-refractivity contribution is 6.31. The molecule has 1 fully saturated rings. The zero-order chi connectivity index (χ0) is 21.8. The number of amides is 2. The predicted octanol–water partition coefficient (Wildman–Crippen LogP) is 2.15. The maximum atomic E-state index is 12.8. The Bertz CT molecular complexity index is 1000. The first-order chi connectivity index (χ1) is 14.3. The predicted molar refractivity (Wildman–Crippen MR) is 113 cm³/mol. The largest absolute Gasteiger partial charge is 0.478 e. The molecule has 1 saturated heterocycles. The number of benzene rings is 2. The molecular formula is C22H23N3O5. The normalized spacial score (nSPS) is 15.7. The average Bonchev–Trinajstić information content (AvgIpc) is 3.02. The molecule has 1 N–H and O–H groups in total. The average molecular weight is 409 g/mol. The fourth-order valence-corrected chi connectivity index (χ4v) is 2.90. The Morgan fingerprint density at radius 1 is 1.13 bits per heavy atom. The molecule has 30 heavy (non-hydrogen) atoms. The zero-order valence-corrected chi connectivity index (χ0v) is 17.2. The summed E-state index contributed by atoms with van der Waals surface area (Å²) in [4.78, 5) is 39.0. The number of carbonyl (C=O) groups is 3. The molecule has 0 spiro atoms. The van der Waals surface area contributed by atoms with Gasteiger partial charge < -0.3 is 14.4 Å². The topological polar surface area (TPSA) is 88.2 Å². The number of esters is 1. The number of nitrogens with one attached hydrogen (secondary N) is 1. The van der Waals surface area contributed by atoms with Crippen molar-refractivity contribution in [3.8, 4) is 5.75 Å². The summed E-state index contributed by atoms with van der Waals surface area (Å²) in [6, 6.07) is 14.1. The van der Waals surface area contributed by atoms with Crippen molar-refractivity contribution in [3.63, 3.8) is 0 Å². The molecule has 1 atom stereocenters. The van der Waals surface area contributed by atoms with E-state index >= 15 is 0 Å². The van der Waals surface area contributed by atoms with E-state index in [-0.39, 0.29) is 5.57 Å². The summed E-state index contributed by atoms with van der Waals surface area (Å²) in [5.41, 5.74) is 4.40. The fraction of sp³-hybridized carbons (Fsp3) is 0.227. The van der Waals surface area contributed by atoms with Gasteiger partial charge in [-0.1, -0.05) is 18.2 Å². The second kappa shape index (κ2) is 8.69. The Kier molecular flexibility index (Phi) is 6.06. The minimum Gasteiger partial charge on any atom is -0.478 e. The Labute approximate surface area is 174 Å². The summed E-state index contributed by atoms with van der Waals surface area (Å²) >= 11 is 0. The first kappa shape index (κ1) is 20.9. The number of rotatable bonds is 6. The molecular weight excluding hydrogens is 386 g/mol. The molecule has 0 unspecified atom stereocenters. The van der Waals surface area contributed by atoms with Crippen molar-refractivity contribution < 1.29 is 23.9 Å². The van der Waals surface area contributed by atoms with Crippen LogP contribution in [0.3, 0.4) is 0 Å². The lowest BCUT2D eigenvalue weighted by molar-refractivity contribution is -0.147. The van der Waals surface area contributed by atoms with E-state index in [2.05, 4.69) is 5.43 Å². The highest BCUT2D eigenvalue weighted by atomic mass is 16.6. The van der Waals surface area contributed by atoms with Crippen molar-refractivity contribution in [2.45, 2.75) is 13.0 Å². The molecule has 0 aliphatic carbocycles. The molecule has 2 aromatic rings. The standard InChI is InChI=1S/C22H23N3O5/c1-14(22(28)29-4)30-19-13-17(24(2)3)11-10-15(19)12-18-20(26)23-25(21(18)27)16-8-6-5-7-9-16/h5-14H,1-4H3,(H,23,26)/b18-12-/t14-/m1/s1. The van der Waals surface area contributed by atoms with Gasteiger partial charge in [0.15, 0.2) is 6.10 Å².